The molecule has 0 bridgehead atoms. The van der Waals surface area contributed by atoms with Crippen molar-refractivity contribution in [2.75, 3.05) is 18.1 Å². The minimum Gasteiger partial charge on any atom is -0.394 e. The van der Waals surface area contributed by atoms with Gasteiger partial charge in [0.15, 0.2) is 11.9 Å². The molecule has 8 N–H and O–H groups in total. The number of anilines is 2. The molecule has 4 rings (SSSR count). The van der Waals surface area contributed by atoms with Gasteiger partial charge in [-0.15, -0.1) is 0 Å². The molecule has 0 radical (unpaired) electrons. The fourth-order valence-electron chi connectivity index (χ4n) is 3.12. The second-order valence-electron chi connectivity index (χ2n) is 5.71. The van der Waals surface area contributed by atoms with Gasteiger partial charge in [0, 0.05) is 0 Å². The summed E-state index contributed by atoms with van der Waals surface area (Å²) in [6.07, 6.45) is -3.71. The number of fused-ring (bicyclic) bond motifs is 3. The Labute approximate surface area is 138 Å². The maximum absolute atomic E-state index is 12.4. The largest absolute Gasteiger partial charge is 0.394 e. The van der Waals surface area contributed by atoms with Crippen molar-refractivity contribution in [1.82, 2.24) is 24.5 Å². The van der Waals surface area contributed by atoms with Gasteiger partial charge >= 0.3 is 0 Å². The fraction of sp³-hybridized carbons (Fsp3) is 0.385. The summed E-state index contributed by atoms with van der Waals surface area (Å²) in [6, 6.07) is 0. The van der Waals surface area contributed by atoms with Crippen molar-refractivity contribution >= 4 is 33.8 Å². The van der Waals surface area contributed by atoms with E-state index < -0.39 is 36.7 Å². The van der Waals surface area contributed by atoms with E-state index in [2.05, 4.69) is 19.9 Å². The number of aliphatic hydroxyl groups excluding tert-OH is 3. The van der Waals surface area contributed by atoms with Crippen LogP contribution in [0, 0.1) is 0 Å². The molecule has 1 aliphatic heterocycles. The molecular weight excluding hydrogens is 334 g/mol. The lowest BCUT2D eigenvalue weighted by molar-refractivity contribution is -0.0492. The summed E-state index contributed by atoms with van der Waals surface area (Å²) >= 11 is 0. The quantitative estimate of drug-likeness (QED) is 0.286. The van der Waals surface area contributed by atoms with E-state index in [0.29, 0.717) is 0 Å². The van der Waals surface area contributed by atoms with Gasteiger partial charge in [0.25, 0.3) is 5.56 Å². The lowest BCUT2D eigenvalue weighted by Gasteiger charge is -2.18. The van der Waals surface area contributed by atoms with E-state index in [1.807, 2.05) is 0 Å². The number of ether oxygens (including phenoxy) is 1. The van der Waals surface area contributed by atoms with Crippen molar-refractivity contribution in [2.24, 2.45) is 0 Å². The lowest BCUT2D eigenvalue weighted by Crippen LogP contribution is -2.33. The van der Waals surface area contributed by atoms with Crippen LogP contribution in [-0.4, -0.2) is 64.7 Å². The molecule has 3 aromatic rings. The van der Waals surface area contributed by atoms with Crippen LogP contribution in [0.2, 0.25) is 0 Å². The lowest BCUT2D eigenvalue weighted by atomic mass is 10.1. The van der Waals surface area contributed by atoms with E-state index in [1.165, 1.54) is 10.9 Å². The highest BCUT2D eigenvalue weighted by Gasteiger charge is 2.45. The standard InChI is InChI=1S/C13H15N7O5/c14-8-4-5-10(18-13(15)19-11(5)24)20(9(4)17-2-16-8)12-7(23)6(22)3(1-21)25-12/h2-3,6-7,12,21-23H,1H2,(H2,14,16,17)(H3,15,18,19,24)/t3-,6+,7-,12+/m0/s1. The second kappa shape index (κ2) is 5.35. The zero-order valence-corrected chi connectivity index (χ0v) is 12.7. The predicted octanol–water partition coefficient (Wildman–Crippen LogP) is -2.56. The Kier molecular flexibility index (Phi) is 3.36. The van der Waals surface area contributed by atoms with Crippen LogP contribution < -0.4 is 17.0 Å². The molecule has 1 saturated heterocycles. The van der Waals surface area contributed by atoms with E-state index in [0.717, 1.165) is 0 Å². The van der Waals surface area contributed by atoms with Crippen molar-refractivity contribution in [3.05, 3.63) is 16.7 Å². The third-order valence-corrected chi connectivity index (χ3v) is 4.25. The minimum atomic E-state index is -1.39. The molecule has 0 aliphatic carbocycles. The normalized spacial score (nSPS) is 26.7. The maximum Gasteiger partial charge on any atom is 0.262 e. The number of nitrogens with one attached hydrogen (secondary N) is 1. The molecular formula is C13H15N7O5. The van der Waals surface area contributed by atoms with Crippen molar-refractivity contribution in [2.45, 2.75) is 24.5 Å². The summed E-state index contributed by atoms with van der Waals surface area (Å²) in [7, 11) is 0. The molecule has 0 amide bonds. The third-order valence-electron chi connectivity index (χ3n) is 4.25. The SMILES string of the molecule is Nc1nc2c(c(=O)[nH]1)c1c(N)ncnc1n2[C@@H]1O[C@@H](CO)[C@@H](O)[C@@H]1O. The van der Waals surface area contributed by atoms with Crippen LogP contribution in [0.1, 0.15) is 6.23 Å². The first-order valence-corrected chi connectivity index (χ1v) is 7.36. The molecule has 12 heteroatoms. The molecule has 0 saturated carbocycles. The molecule has 12 nitrogen and oxygen atoms in total. The number of nitrogen functional groups attached to an aromatic ring is 2. The number of aliphatic hydroxyl groups is 3. The van der Waals surface area contributed by atoms with Gasteiger partial charge in [-0.1, -0.05) is 0 Å². The Balaban J connectivity index is 2.09. The highest BCUT2D eigenvalue weighted by atomic mass is 16.6. The van der Waals surface area contributed by atoms with Crippen molar-refractivity contribution in [3.63, 3.8) is 0 Å². The molecule has 3 aromatic heterocycles. The Morgan fingerprint density at radius 1 is 1.20 bits per heavy atom. The number of aromatic nitrogens is 5. The average Bonchev–Trinajstić information content (AvgIpc) is 3.04. The second-order valence-corrected chi connectivity index (χ2v) is 5.71. The van der Waals surface area contributed by atoms with Gasteiger partial charge in [0.1, 0.15) is 36.1 Å². The van der Waals surface area contributed by atoms with Gasteiger partial charge in [-0.25, -0.2) is 9.97 Å². The zero-order chi connectivity index (χ0) is 17.9. The Morgan fingerprint density at radius 2 is 1.96 bits per heavy atom. The van der Waals surface area contributed by atoms with E-state index in [4.69, 9.17) is 16.2 Å². The molecule has 1 aliphatic rings. The topological polar surface area (TPSA) is 198 Å². The summed E-state index contributed by atoms with van der Waals surface area (Å²) in [4.78, 5) is 26.8. The smallest absolute Gasteiger partial charge is 0.262 e. The Hall–Kier alpha value is -2.80. The number of nitrogens with zero attached hydrogens (tertiary/aromatic N) is 4. The third kappa shape index (κ3) is 2.09. The van der Waals surface area contributed by atoms with Crippen LogP contribution in [0.4, 0.5) is 11.8 Å². The first kappa shape index (κ1) is 15.7. The monoisotopic (exact) mass is 349 g/mol. The Morgan fingerprint density at radius 3 is 2.64 bits per heavy atom. The molecule has 0 aromatic carbocycles. The van der Waals surface area contributed by atoms with Crippen molar-refractivity contribution in [3.8, 4) is 0 Å². The first-order valence-electron chi connectivity index (χ1n) is 7.36. The zero-order valence-electron chi connectivity index (χ0n) is 12.7. The average molecular weight is 349 g/mol. The van der Waals surface area contributed by atoms with Gasteiger partial charge in [-0.3, -0.25) is 14.3 Å². The predicted molar refractivity (Wildman–Crippen MR) is 85.3 cm³/mol. The summed E-state index contributed by atoms with van der Waals surface area (Å²) in [5.74, 6) is -0.114. The molecule has 4 heterocycles. The number of aromatic amines is 1. The van der Waals surface area contributed by atoms with Crippen LogP contribution in [0.3, 0.4) is 0 Å². The number of rotatable bonds is 2. The summed E-state index contributed by atoms with van der Waals surface area (Å²) in [5.41, 5.74) is 11.2. The van der Waals surface area contributed by atoms with Gasteiger partial charge in [0.05, 0.1) is 17.4 Å². The molecule has 1 fully saturated rings. The first-order chi connectivity index (χ1) is 11.9. The Bertz CT molecular complexity index is 1030. The number of nitrogens with two attached hydrogens (primary N) is 2. The molecule has 25 heavy (non-hydrogen) atoms. The van der Waals surface area contributed by atoms with Gasteiger partial charge < -0.3 is 31.5 Å². The van der Waals surface area contributed by atoms with Crippen molar-refractivity contribution < 1.29 is 20.1 Å². The van der Waals surface area contributed by atoms with E-state index in [-0.39, 0.29) is 33.8 Å². The van der Waals surface area contributed by atoms with Gasteiger partial charge in [-0.05, 0) is 0 Å². The highest BCUT2D eigenvalue weighted by Crippen LogP contribution is 2.36. The summed E-state index contributed by atoms with van der Waals surface area (Å²) in [5, 5.41) is 29.9. The van der Waals surface area contributed by atoms with E-state index in [1.54, 1.807) is 0 Å². The summed E-state index contributed by atoms with van der Waals surface area (Å²) < 4.78 is 6.85. The molecule has 4 atom stereocenters. The number of hydrogen-bond acceptors (Lipinski definition) is 10. The number of H-pyrrole nitrogens is 1. The van der Waals surface area contributed by atoms with Crippen LogP contribution in [0.5, 0.6) is 0 Å². The van der Waals surface area contributed by atoms with Crippen LogP contribution in [0.15, 0.2) is 11.1 Å². The van der Waals surface area contributed by atoms with Crippen LogP contribution >= 0.6 is 0 Å². The molecule has 0 spiro atoms. The molecule has 0 unspecified atom stereocenters. The van der Waals surface area contributed by atoms with E-state index >= 15 is 0 Å². The summed E-state index contributed by atoms with van der Waals surface area (Å²) in [6.45, 7) is -0.501. The van der Waals surface area contributed by atoms with Gasteiger partial charge in [0.2, 0.25) is 5.95 Å². The maximum atomic E-state index is 12.4. The van der Waals surface area contributed by atoms with Gasteiger partial charge in [-0.2, -0.15) is 4.98 Å². The highest BCUT2D eigenvalue weighted by molar-refractivity contribution is 6.09. The minimum absolute atomic E-state index is 0.0394. The molecule has 132 valence electrons. The van der Waals surface area contributed by atoms with Crippen LogP contribution in [0.25, 0.3) is 22.1 Å². The van der Waals surface area contributed by atoms with Crippen molar-refractivity contribution in [1.29, 1.82) is 0 Å². The van der Waals surface area contributed by atoms with E-state index in [9.17, 15) is 20.1 Å². The fourth-order valence-corrected chi connectivity index (χ4v) is 3.12. The van der Waals surface area contributed by atoms with Crippen LogP contribution in [-0.2, 0) is 4.74 Å². The number of hydrogen-bond donors (Lipinski definition) is 6.